The lowest BCUT2D eigenvalue weighted by Crippen LogP contribution is -2.03. The van der Waals surface area contributed by atoms with Gasteiger partial charge in [-0.3, -0.25) is 10.1 Å². The number of nitrogens with one attached hydrogen (secondary N) is 1. The first kappa shape index (κ1) is 15.8. The van der Waals surface area contributed by atoms with Crippen molar-refractivity contribution in [2.24, 2.45) is 0 Å². The maximum Gasteiger partial charge on any atom is 0.301 e. The van der Waals surface area contributed by atoms with Gasteiger partial charge in [0, 0.05) is 22.0 Å². The van der Waals surface area contributed by atoms with Gasteiger partial charge in [0.25, 0.3) is 0 Å². The van der Waals surface area contributed by atoms with Crippen molar-refractivity contribution in [3.05, 3.63) is 51.0 Å². The van der Waals surface area contributed by atoms with E-state index in [0.29, 0.717) is 10.8 Å². The molecule has 0 aliphatic carbocycles. The molecule has 0 radical (unpaired) electrons. The Morgan fingerprint density at radius 1 is 1.33 bits per heavy atom. The van der Waals surface area contributed by atoms with Crippen molar-refractivity contribution in [2.75, 3.05) is 11.9 Å². The van der Waals surface area contributed by atoms with Crippen LogP contribution in [0.25, 0.3) is 0 Å². The average molecular weight is 368 g/mol. The van der Waals surface area contributed by atoms with Gasteiger partial charge in [0.2, 0.25) is 0 Å². The third kappa shape index (κ3) is 4.18. The second-order valence-corrected chi connectivity index (χ2v) is 6.12. The van der Waals surface area contributed by atoms with Gasteiger partial charge in [-0.1, -0.05) is 30.8 Å². The maximum atomic E-state index is 11.1. The summed E-state index contributed by atoms with van der Waals surface area (Å²) in [5.41, 5.74) is 0.0119. The fourth-order valence-electron chi connectivity index (χ4n) is 1.63. The molecule has 110 valence electrons. The van der Waals surface area contributed by atoms with E-state index >= 15 is 0 Å². The molecule has 0 spiro atoms. The van der Waals surface area contributed by atoms with Crippen LogP contribution in [-0.4, -0.2) is 16.5 Å². The molecule has 0 unspecified atom stereocenters. The molecule has 0 aliphatic rings. The zero-order chi connectivity index (χ0) is 15.2. The summed E-state index contributed by atoms with van der Waals surface area (Å²) in [6, 6.07) is 10.7. The molecule has 1 N–H and O–H groups in total. The molecule has 0 aliphatic heterocycles. The maximum absolute atomic E-state index is 11.1. The van der Waals surface area contributed by atoms with Gasteiger partial charge in [0.1, 0.15) is 5.82 Å². The van der Waals surface area contributed by atoms with E-state index in [1.807, 2.05) is 24.3 Å². The molecule has 0 amide bonds. The summed E-state index contributed by atoms with van der Waals surface area (Å²) in [7, 11) is 0. The summed E-state index contributed by atoms with van der Waals surface area (Å²) in [6.07, 6.45) is 0.964. The first-order chi connectivity index (χ1) is 10.1. The second-order valence-electron chi connectivity index (χ2n) is 4.24. The van der Waals surface area contributed by atoms with Gasteiger partial charge < -0.3 is 5.32 Å². The molecule has 2 rings (SSSR count). The summed E-state index contributed by atoms with van der Waals surface area (Å²) >= 11 is 4.72. The Morgan fingerprint density at radius 3 is 2.76 bits per heavy atom. The van der Waals surface area contributed by atoms with Crippen molar-refractivity contribution in [1.82, 2.24) is 4.98 Å². The molecule has 21 heavy (non-hydrogen) atoms. The molecule has 1 heterocycles. The number of aromatic nitrogens is 1. The third-order valence-electron chi connectivity index (χ3n) is 2.64. The average Bonchev–Trinajstić information content (AvgIpc) is 2.47. The highest BCUT2D eigenvalue weighted by Crippen LogP contribution is 2.37. The highest BCUT2D eigenvalue weighted by Gasteiger charge is 2.18. The molecule has 0 atom stereocenters. The van der Waals surface area contributed by atoms with Gasteiger partial charge in [0.05, 0.1) is 4.92 Å². The van der Waals surface area contributed by atoms with Gasteiger partial charge in [-0.2, -0.15) is 0 Å². The molecular formula is C14H14BrN3O2S. The molecule has 2 aromatic rings. The van der Waals surface area contributed by atoms with Crippen molar-refractivity contribution in [3.8, 4) is 0 Å². The summed E-state index contributed by atoms with van der Waals surface area (Å²) < 4.78 is 0.887. The largest absolute Gasteiger partial charge is 0.370 e. The Morgan fingerprint density at radius 2 is 2.10 bits per heavy atom. The molecule has 1 aromatic carbocycles. The number of hydrogen-bond acceptors (Lipinski definition) is 5. The quantitative estimate of drug-likeness (QED) is 0.590. The predicted octanol–water partition coefficient (Wildman–Crippen LogP) is 4.73. The van der Waals surface area contributed by atoms with Crippen LogP contribution in [0.4, 0.5) is 11.5 Å². The first-order valence-corrected chi connectivity index (χ1v) is 8.04. The minimum atomic E-state index is -0.407. The standard InChI is InChI=1S/C14H14BrN3O2S/c1-2-9-16-13-8-7-11(18(19)20)14(17-13)21-12-6-4-3-5-10(12)15/h3-8H,2,9H2,1H3,(H,16,17). The number of nitro groups is 1. The van der Waals surface area contributed by atoms with Gasteiger partial charge in [-0.05, 0) is 40.5 Å². The van der Waals surface area contributed by atoms with Crippen molar-refractivity contribution in [2.45, 2.75) is 23.3 Å². The van der Waals surface area contributed by atoms with E-state index in [1.54, 1.807) is 6.07 Å². The molecule has 0 fully saturated rings. The predicted molar refractivity (Wildman–Crippen MR) is 87.9 cm³/mol. The van der Waals surface area contributed by atoms with Crippen LogP contribution >= 0.6 is 27.7 Å². The van der Waals surface area contributed by atoms with Crippen LogP contribution in [0.2, 0.25) is 0 Å². The number of pyridine rings is 1. The highest BCUT2D eigenvalue weighted by molar-refractivity contribution is 9.10. The van der Waals surface area contributed by atoms with E-state index in [1.165, 1.54) is 17.8 Å². The highest BCUT2D eigenvalue weighted by atomic mass is 79.9. The van der Waals surface area contributed by atoms with E-state index in [9.17, 15) is 10.1 Å². The monoisotopic (exact) mass is 367 g/mol. The zero-order valence-electron chi connectivity index (χ0n) is 11.4. The normalized spacial score (nSPS) is 10.4. The fourth-order valence-corrected chi connectivity index (χ4v) is 3.07. The van der Waals surface area contributed by atoms with E-state index in [0.717, 1.165) is 22.3 Å². The molecule has 1 aromatic heterocycles. The van der Waals surface area contributed by atoms with Crippen molar-refractivity contribution < 1.29 is 4.92 Å². The van der Waals surface area contributed by atoms with Gasteiger partial charge in [-0.25, -0.2) is 4.98 Å². The Kier molecular flexibility index (Phi) is 5.58. The molecular weight excluding hydrogens is 354 g/mol. The second kappa shape index (κ2) is 7.42. The lowest BCUT2D eigenvalue weighted by molar-refractivity contribution is -0.388. The minimum absolute atomic E-state index is 0.0119. The smallest absolute Gasteiger partial charge is 0.301 e. The van der Waals surface area contributed by atoms with E-state index in [2.05, 4.69) is 33.2 Å². The van der Waals surface area contributed by atoms with Crippen molar-refractivity contribution in [1.29, 1.82) is 0 Å². The van der Waals surface area contributed by atoms with E-state index in [-0.39, 0.29) is 5.69 Å². The summed E-state index contributed by atoms with van der Waals surface area (Å²) in [4.78, 5) is 16.0. The first-order valence-electron chi connectivity index (χ1n) is 6.43. The Hall–Kier alpha value is -1.60. The number of hydrogen-bond donors (Lipinski definition) is 1. The molecule has 5 nitrogen and oxygen atoms in total. The number of rotatable bonds is 6. The molecule has 0 saturated heterocycles. The van der Waals surface area contributed by atoms with Crippen LogP contribution in [0.1, 0.15) is 13.3 Å². The number of halogens is 1. The van der Waals surface area contributed by atoms with Crippen molar-refractivity contribution in [3.63, 3.8) is 0 Å². The molecule has 7 heteroatoms. The number of anilines is 1. The summed E-state index contributed by atoms with van der Waals surface area (Å²) in [5.74, 6) is 0.650. The lowest BCUT2D eigenvalue weighted by Gasteiger charge is -2.08. The summed E-state index contributed by atoms with van der Waals surface area (Å²) in [6.45, 7) is 2.83. The van der Waals surface area contributed by atoms with Crippen LogP contribution in [0.3, 0.4) is 0 Å². The number of benzene rings is 1. The Bertz CT molecular complexity index is 652. The molecule has 0 saturated carbocycles. The van der Waals surface area contributed by atoms with E-state index < -0.39 is 4.92 Å². The Labute approximate surface area is 135 Å². The zero-order valence-corrected chi connectivity index (χ0v) is 13.8. The SMILES string of the molecule is CCCNc1ccc([N+](=O)[O-])c(Sc2ccccc2Br)n1. The van der Waals surface area contributed by atoms with Gasteiger partial charge in [-0.15, -0.1) is 0 Å². The van der Waals surface area contributed by atoms with E-state index in [4.69, 9.17) is 0 Å². The lowest BCUT2D eigenvalue weighted by atomic mass is 10.4. The third-order valence-corrected chi connectivity index (χ3v) is 4.66. The topological polar surface area (TPSA) is 68.1 Å². The van der Waals surface area contributed by atoms with Crippen LogP contribution in [-0.2, 0) is 0 Å². The summed E-state index contributed by atoms with van der Waals surface area (Å²) in [5, 5.41) is 14.7. The van der Waals surface area contributed by atoms with Crippen LogP contribution in [0.15, 0.2) is 50.8 Å². The van der Waals surface area contributed by atoms with Crippen molar-refractivity contribution >= 4 is 39.2 Å². The number of nitrogens with zero attached hydrogens (tertiary/aromatic N) is 2. The fraction of sp³-hybridized carbons (Fsp3) is 0.214. The molecule has 0 bridgehead atoms. The Balaban J connectivity index is 2.34. The van der Waals surface area contributed by atoms with Crippen LogP contribution in [0.5, 0.6) is 0 Å². The van der Waals surface area contributed by atoms with Crippen LogP contribution < -0.4 is 5.32 Å². The van der Waals surface area contributed by atoms with Crippen LogP contribution in [0, 0.1) is 10.1 Å². The van der Waals surface area contributed by atoms with Gasteiger partial charge >= 0.3 is 5.69 Å². The van der Waals surface area contributed by atoms with Gasteiger partial charge in [0.15, 0.2) is 5.03 Å². The minimum Gasteiger partial charge on any atom is -0.370 e.